The number of nitrogens with zero attached hydrogens (tertiary/aromatic N) is 6. The molecule has 1 aliphatic heterocycles. The molecule has 0 aliphatic carbocycles. The van der Waals surface area contributed by atoms with Gasteiger partial charge in [0.05, 0.1) is 24.3 Å². The Kier molecular flexibility index (Phi) is 4.60. The van der Waals surface area contributed by atoms with Gasteiger partial charge in [0.15, 0.2) is 0 Å². The maximum Gasteiger partial charge on any atom is 0.322 e. The van der Waals surface area contributed by atoms with E-state index in [1.54, 1.807) is 35.9 Å². The average molecular weight is 313 g/mol. The number of amides is 2. The first kappa shape index (κ1) is 15.1. The molecule has 3 heterocycles. The Morgan fingerprint density at radius 1 is 1.09 bits per heavy atom. The summed E-state index contributed by atoms with van der Waals surface area (Å²) in [6.45, 7) is 4.73. The summed E-state index contributed by atoms with van der Waals surface area (Å²) < 4.78 is 0. The molecule has 0 unspecified atom stereocenters. The fourth-order valence-corrected chi connectivity index (χ4v) is 2.40. The molecule has 0 bridgehead atoms. The SMILES string of the molecule is CCc1ncc(NC(=O)N2CCN(c3cnccn3)CC2)cn1. The van der Waals surface area contributed by atoms with E-state index in [4.69, 9.17) is 0 Å². The van der Waals surface area contributed by atoms with Gasteiger partial charge in [-0.2, -0.15) is 0 Å². The number of piperazine rings is 1. The lowest BCUT2D eigenvalue weighted by molar-refractivity contribution is 0.208. The minimum atomic E-state index is -0.128. The van der Waals surface area contributed by atoms with Gasteiger partial charge in [-0.15, -0.1) is 0 Å². The Balaban J connectivity index is 1.53. The van der Waals surface area contributed by atoms with Crippen molar-refractivity contribution in [2.75, 3.05) is 36.4 Å². The molecule has 0 radical (unpaired) electrons. The molecule has 23 heavy (non-hydrogen) atoms. The zero-order chi connectivity index (χ0) is 16.1. The van der Waals surface area contributed by atoms with Gasteiger partial charge < -0.3 is 15.1 Å². The van der Waals surface area contributed by atoms with Gasteiger partial charge in [-0.25, -0.2) is 19.7 Å². The second-order valence-corrected chi connectivity index (χ2v) is 5.21. The van der Waals surface area contributed by atoms with E-state index < -0.39 is 0 Å². The van der Waals surface area contributed by atoms with Gasteiger partial charge in [-0.05, 0) is 0 Å². The maximum atomic E-state index is 12.3. The van der Waals surface area contributed by atoms with Crippen molar-refractivity contribution < 1.29 is 4.79 Å². The number of nitrogens with one attached hydrogen (secondary N) is 1. The average Bonchev–Trinajstić information content (AvgIpc) is 2.63. The molecule has 0 atom stereocenters. The van der Waals surface area contributed by atoms with Crippen LogP contribution in [-0.4, -0.2) is 57.0 Å². The van der Waals surface area contributed by atoms with Crippen LogP contribution in [0.3, 0.4) is 0 Å². The molecule has 8 nitrogen and oxygen atoms in total. The Hall–Kier alpha value is -2.77. The molecular formula is C15H19N7O. The van der Waals surface area contributed by atoms with Crippen molar-refractivity contribution in [2.45, 2.75) is 13.3 Å². The standard InChI is InChI=1S/C15H19N7O/c1-2-13-18-9-12(10-19-13)20-15(23)22-7-5-21(6-8-22)14-11-16-3-4-17-14/h3-4,9-11H,2,5-8H2,1H3,(H,20,23). The number of hydrogen-bond donors (Lipinski definition) is 1. The van der Waals surface area contributed by atoms with Crippen LogP contribution in [0, 0.1) is 0 Å². The summed E-state index contributed by atoms with van der Waals surface area (Å²) in [5, 5.41) is 2.83. The van der Waals surface area contributed by atoms with Gasteiger partial charge in [-0.1, -0.05) is 6.92 Å². The highest BCUT2D eigenvalue weighted by Crippen LogP contribution is 2.12. The van der Waals surface area contributed by atoms with Crippen molar-refractivity contribution in [3.05, 3.63) is 36.8 Å². The van der Waals surface area contributed by atoms with Crippen LogP contribution in [0.2, 0.25) is 0 Å². The largest absolute Gasteiger partial charge is 0.352 e. The highest BCUT2D eigenvalue weighted by atomic mass is 16.2. The summed E-state index contributed by atoms with van der Waals surface area (Å²) in [6.07, 6.45) is 9.12. The molecule has 2 amide bonds. The summed E-state index contributed by atoms with van der Waals surface area (Å²) >= 11 is 0. The van der Waals surface area contributed by atoms with Gasteiger partial charge in [-0.3, -0.25) is 4.98 Å². The number of anilines is 2. The summed E-state index contributed by atoms with van der Waals surface area (Å²) in [5.74, 6) is 1.61. The van der Waals surface area contributed by atoms with Gasteiger partial charge in [0.25, 0.3) is 0 Å². The van der Waals surface area contributed by atoms with Crippen molar-refractivity contribution in [1.29, 1.82) is 0 Å². The molecule has 1 N–H and O–H groups in total. The molecule has 0 saturated carbocycles. The van der Waals surface area contributed by atoms with Crippen molar-refractivity contribution in [3.63, 3.8) is 0 Å². The molecule has 0 spiro atoms. The number of aromatic nitrogens is 4. The topological polar surface area (TPSA) is 87.1 Å². The normalized spacial score (nSPS) is 14.7. The first-order valence-electron chi connectivity index (χ1n) is 7.64. The second kappa shape index (κ2) is 6.99. The van der Waals surface area contributed by atoms with Crippen LogP contribution in [0.15, 0.2) is 31.0 Å². The van der Waals surface area contributed by atoms with Crippen LogP contribution >= 0.6 is 0 Å². The van der Waals surface area contributed by atoms with Crippen molar-refractivity contribution >= 4 is 17.5 Å². The van der Waals surface area contributed by atoms with Crippen molar-refractivity contribution in [1.82, 2.24) is 24.8 Å². The molecule has 1 saturated heterocycles. The van der Waals surface area contributed by atoms with E-state index in [1.165, 1.54) is 0 Å². The number of aryl methyl sites for hydroxylation is 1. The number of rotatable bonds is 3. The lowest BCUT2D eigenvalue weighted by Crippen LogP contribution is -2.50. The minimum absolute atomic E-state index is 0.128. The second-order valence-electron chi connectivity index (χ2n) is 5.21. The summed E-state index contributed by atoms with van der Waals surface area (Å²) in [4.78, 5) is 32.9. The third-order valence-corrected chi connectivity index (χ3v) is 3.71. The molecule has 2 aromatic heterocycles. The molecule has 3 rings (SSSR count). The van der Waals surface area contributed by atoms with Gasteiger partial charge in [0, 0.05) is 45.0 Å². The minimum Gasteiger partial charge on any atom is -0.352 e. The van der Waals surface area contributed by atoms with Crippen LogP contribution in [0.5, 0.6) is 0 Å². The summed E-state index contributed by atoms with van der Waals surface area (Å²) in [7, 11) is 0. The van der Waals surface area contributed by atoms with E-state index >= 15 is 0 Å². The fraction of sp³-hybridized carbons (Fsp3) is 0.400. The lowest BCUT2D eigenvalue weighted by atomic mass is 10.3. The van der Waals surface area contributed by atoms with Gasteiger partial charge in [0.1, 0.15) is 11.6 Å². The first-order valence-corrected chi connectivity index (χ1v) is 7.64. The van der Waals surface area contributed by atoms with Gasteiger partial charge in [0.2, 0.25) is 0 Å². The zero-order valence-corrected chi connectivity index (χ0v) is 13.0. The molecule has 0 aromatic carbocycles. The zero-order valence-electron chi connectivity index (χ0n) is 13.0. The molecule has 1 fully saturated rings. The fourth-order valence-electron chi connectivity index (χ4n) is 2.40. The number of urea groups is 1. The van der Waals surface area contributed by atoms with Crippen molar-refractivity contribution in [3.8, 4) is 0 Å². The van der Waals surface area contributed by atoms with Crippen LogP contribution < -0.4 is 10.2 Å². The molecular weight excluding hydrogens is 294 g/mol. The smallest absolute Gasteiger partial charge is 0.322 e. The third-order valence-electron chi connectivity index (χ3n) is 3.71. The monoisotopic (exact) mass is 313 g/mol. The predicted molar refractivity (Wildman–Crippen MR) is 86.2 cm³/mol. The summed E-state index contributed by atoms with van der Waals surface area (Å²) in [5.41, 5.74) is 0.614. The number of carbonyl (C=O) groups excluding carboxylic acids is 1. The van der Waals surface area contributed by atoms with E-state index in [0.717, 1.165) is 31.2 Å². The van der Waals surface area contributed by atoms with Crippen LogP contribution in [0.25, 0.3) is 0 Å². The highest BCUT2D eigenvalue weighted by molar-refractivity contribution is 5.89. The van der Waals surface area contributed by atoms with Crippen molar-refractivity contribution in [2.24, 2.45) is 0 Å². The van der Waals surface area contributed by atoms with E-state index in [-0.39, 0.29) is 6.03 Å². The molecule has 1 aliphatic rings. The Morgan fingerprint density at radius 3 is 2.43 bits per heavy atom. The van der Waals surface area contributed by atoms with E-state index in [0.29, 0.717) is 18.8 Å². The molecule has 120 valence electrons. The van der Waals surface area contributed by atoms with Crippen LogP contribution in [0.4, 0.5) is 16.3 Å². The van der Waals surface area contributed by atoms with E-state index in [1.807, 2.05) is 6.92 Å². The Bertz CT molecular complexity index is 639. The molecule has 2 aromatic rings. The maximum absolute atomic E-state index is 12.3. The first-order chi connectivity index (χ1) is 11.3. The predicted octanol–water partition coefficient (Wildman–Crippen LogP) is 1.18. The van der Waals surface area contributed by atoms with Crippen LogP contribution in [-0.2, 0) is 6.42 Å². The number of hydrogen-bond acceptors (Lipinski definition) is 6. The Labute approximate surface area is 134 Å². The lowest BCUT2D eigenvalue weighted by Gasteiger charge is -2.35. The molecule has 8 heteroatoms. The Morgan fingerprint density at radius 2 is 1.83 bits per heavy atom. The van der Waals surface area contributed by atoms with Crippen LogP contribution in [0.1, 0.15) is 12.7 Å². The van der Waals surface area contributed by atoms with E-state index in [9.17, 15) is 4.79 Å². The third kappa shape index (κ3) is 3.71. The number of carbonyl (C=O) groups is 1. The summed E-state index contributed by atoms with van der Waals surface area (Å²) in [6, 6.07) is -0.128. The highest BCUT2D eigenvalue weighted by Gasteiger charge is 2.22. The van der Waals surface area contributed by atoms with Gasteiger partial charge >= 0.3 is 6.03 Å². The quantitative estimate of drug-likeness (QED) is 0.915. The van der Waals surface area contributed by atoms with E-state index in [2.05, 4.69) is 30.2 Å².